The van der Waals surface area contributed by atoms with E-state index in [1.165, 1.54) is 50.2 Å². The van der Waals surface area contributed by atoms with Crippen LogP contribution in [0.4, 0.5) is 13.2 Å². The van der Waals surface area contributed by atoms with Gasteiger partial charge in [-0.2, -0.15) is 4.42 Å². The minimum absolute atomic E-state index is 0.206. The molecule has 4 aliphatic rings. The summed E-state index contributed by atoms with van der Waals surface area (Å²) in [6.07, 6.45) is 9.68. The molecule has 34 heavy (non-hydrogen) atoms. The molecule has 0 radical (unpaired) electrons. The standard InChI is InChI=1S/C27H30F3N2O2/c28-27(29,30)34-21-9-7-20(8-10-21)25-19-32-16-4-6-26(32)24-18-22(11-12-23(24)25)33-17-5-15-31-13-2-1-3-14-31/h6-12,18H,1-5,13-17,19H2/q+1. The molecule has 0 spiro atoms. The van der Waals surface area contributed by atoms with Gasteiger partial charge in [-0.25, -0.2) is 0 Å². The number of ketones is 1. The molecule has 0 saturated carbocycles. The van der Waals surface area contributed by atoms with Crippen LogP contribution in [0.25, 0.3) is 11.3 Å². The molecule has 0 aromatic heterocycles. The molecule has 1 aromatic rings. The third-order valence-corrected chi connectivity index (χ3v) is 6.79. The Labute approximate surface area is 198 Å². The van der Waals surface area contributed by atoms with Gasteiger partial charge in [0.15, 0.2) is 0 Å². The molecule has 0 bridgehead atoms. The zero-order valence-corrected chi connectivity index (χ0v) is 19.2. The molecule has 1 aliphatic carbocycles. The van der Waals surface area contributed by atoms with E-state index in [1.54, 1.807) is 12.2 Å². The summed E-state index contributed by atoms with van der Waals surface area (Å²) in [5.41, 5.74) is 5.45. The molecule has 180 valence electrons. The summed E-state index contributed by atoms with van der Waals surface area (Å²) in [5.74, 6) is 0.656. The van der Waals surface area contributed by atoms with Crippen LogP contribution in [-0.4, -0.2) is 61.3 Å². The fourth-order valence-electron chi connectivity index (χ4n) is 5.18. The van der Waals surface area contributed by atoms with E-state index in [1.807, 2.05) is 6.07 Å². The van der Waals surface area contributed by atoms with E-state index in [0.717, 1.165) is 60.5 Å². The van der Waals surface area contributed by atoms with E-state index in [9.17, 15) is 13.2 Å². The van der Waals surface area contributed by atoms with Crippen molar-refractivity contribution >= 4 is 17.1 Å². The van der Waals surface area contributed by atoms with Crippen molar-refractivity contribution in [3.05, 3.63) is 65.3 Å². The quantitative estimate of drug-likeness (QED) is 0.419. The van der Waals surface area contributed by atoms with Crippen molar-refractivity contribution in [3.8, 4) is 5.75 Å². The summed E-state index contributed by atoms with van der Waals surface area (Å²) < 4.78 is 47.7. The van der Waals surface area contributed by atoms with Crippen LogP contribution >= 0.6 is 0 Å². The van der Waals surface area contributed by atoms with E-state index in [0.29, 0.717) is 6.61 Å². The minimum Gasteiger partial charge on any atom is -0.494 e. The Morgan fingerprint density at radius 3 is 2.50 bits per heavy atom. The lowest BCUT2D eigenvalue weighted by atomic mass is 9.88. The second kappa shape index (κ2) is 9.82. The van der Waals surface area contributed by atoms with Gasteiger partial charge in [0.25, 0.3) is 0 Å². The molecule has 5 rings (SSSR count). The van der Waals surface area contributed by atoms with Gasteiger partial charge < -0.3 is 14.5 Å². The first kappa shape index (κ1) is 23.0. The minimum atomic E-state index is -4.69. The number of ether oxygens (including phenoxy) is 1. The van der Waals surface area contributed by atoms with Gasteiger partial charge in [-0.1, -0.05) is 31.7 Å². The number of nitrogens with zero attached hydrogens (tertiary/aromatic N) is 2. The zero-order chi connectivity index (χ0) is 23.5. The van der Waals surface area contributed by atoms with Gasteiger partial charge in [0, 0.05) is 43.0 Å². The maximum Gasteiger partial charge on any atom is 0.775 e. The average molecular weight is 472 g/mol. The molecule has 3 heterocycles. The third-order valence-electron chi connectivity index (χ3n) is 6.79. The zero-order valence-electron chi connectivity index (χ0n) is 19.2. The fourth-order valence-corrected chi connectivity index (χ4v) is 5.18. The summed E-state index contributed by atoms with van der Waals surface area (Å²) in [5, 5.41) is 0. The Kier molecular flexibility index (Phi) is 6.63. The van der Waals surface area contributed by atoms with Gasteiger partial charge >= 0.3 is 12.1 Å². The number of hydrogen-bond acceptors (Lipinski definition) is 3. The van der Waals surface area contributed by atoms with Gasteiger partial charge in [0.1, 0.15) is 5.75 Å². The average Bonchev–Trinajstić information content (AvgIpc) is 3.31. The lowest BCUT2D eigenvalue weighted by Gasteiger charge is -2.33. The Hall–Kier alpha value is -2.80. The second-order valence-electron chi connectivity index (χ2n) is 9.16. The van der Waals surface area contributed by atoms with Gasteiger partial charge in [-0.3, -0.25) is 0 Å². The molecule has 0 unspecified atom stereocenters. The van der Waals surface area contributed by atoms with Crippen LogP contribution < -0.4 is 4.74 Å². The topological polar surface area (TPSA) is 27.0 Å². The molecule has 1 saturated heterocycles. The van der Waals surface area contributed by atoms with E-state index >= 15 is 0 Å². The number of halogens is 3. The molecule has 1 aromatic carbocycles. The molecule has 4 nitrogen and oxygen atoms in total. The van der Waals surface area contributed by atoms with Crippen molar-refractivity contribution in [1.29, 1.82) is 0 Å². The van der Waals surface area contributed by atoms with E-state index in [4.69, 9.17) is 4.74 Å². The van der Waals surface area contributed by atoms with Gasteiger partial charge in [0.2, 0.25) is 0 Å². The number of fused-ring (bicyclic) bond motifs is 3. The number of rotatable bonds is 5. The summed E-state index contributed by atoms with van der Waals surface area (Å²) in [6.45, 7) is 5.84. The molecule has 0 atom stereocenters. The monoisotopic (exact) mass is 471 g/mol. The fraction of sp³-hybridized carbons (Fsp3) is 0.444. The first-order chi connectivity index (χ1) is 16.5. The van der Waals surface area contributed by atoms with Gasteiger partial charge in [-0.15, -0.1) is 0 Å². The lowest BCUT2D eigenvalue weighted by molar-refractivity contribution is -0.674. The first-order valence-corrected chi connectivity index (χ1v) is 12.1. The van der Waals surface area contributed by atoms with Crippen molar-refractivity contribution in [2.45, 2.75) is 38.5 Å². The highest BCUT2D eigenvalue weighted by Crippen LogP contribution is 2.41. The van der Waals surface area contributed by atoms with Crippen molar-refractivity contribution < 1.29 is 22.3 Å². The van der Waals surface area contributed by atoms with E-state index in [2.05, 4.69) is 32.4 Å². The molecular formula is C27H30F3N2O2+. The predicted molar refractivity (Wildman–Crippen MR) is 127 cm³/mol. The summed E-state index contributed by atoms with van der Waals surface area (Å²) in [4.78, 5) is 4.85. The van der Waals surface area contributed by atoms with Crippen LogP contribution in [0.2, 0.25) is 0 Å². The lowest BCUT2D eigenvalue weighted by Crippen LogP contribution is -2.31. The molecule has 0 amide bonds. The normalized spacial score (nSPS) is 20.4. The number of piperidine rings is 1. The van der Waals surface area contributed by atoms with Crippen molar-refractivity contribution in [2.75, 3.05) is 39.3 Å². The largest absolute Gasteiger partial charge is 0.775 e. The van der Waals surface area contributed by atoms with Crippen LogP contribution in [-0.2, 0) is 4.42 Å². The maximum absolute atomic E-state index is 12.5. The summed E-state index contributed by atoms with van der Waals surface area (Å²) in [7, 11) is 0. The van der Waals surface area contributed by atoms with Crippen LogP contribution in [0.1, 0.15) is 43.2 Å². The third kappa shape index (κ3) is 5.30. The van der Waals surface area contributed by atoms with Gasteiger partial charge in [-0.05, 0) is 79.8 Å². The summed E-state index contributed by atoms with van der Waals surface area (Å²) in [6, 6.07) is 6.20. The number of allylic oxidation sites excluding steroid dienone is 5. The molecule has 3 aliphatic heterocycles. The van der Waals surface area contributed by atoms with E-state index < -0.39 is 6.36 Å². The number of alkyl halides is 3. The number of hydrogen-bond donors (Lipinski definition) is 0. The van der Waals surface area contributed by atoms with Crippen molar-refractivity contribution in [2.24, 2.45) is 0 Å². The van der Waals surface area contributed by atoms with Crippen LogP contribution in [0.5, 0.6) is 5.75 Å². The smallest absolute Gasteiger partial charge is 0.494 e. The number of likely N-dealkylation sites (tertiary alicyclic amines) is 1. The molecule has 7 heteroatoms. The molecular weight excluding hydrogens is 441 g/mol. The summed E-state index contributed by atoms with van der Waals surface area (Å²) >= 11 is 0. The Morgan fingerprint density at radius 2 is 1.74 bits per heavy atom. The van der Waals surface area contributed by atoms with Crippen LogP contribution in [0, 0.1) is 0 Å². The van der Waals surface area contributed by atoms with Crippen molar-refractivity contribution in [1.82, 2.24) is 9.80 Å². The molecule has 1 fully saturated rings. The first-order valence-electron chi connectivity index (χ1n) is 12.1. The maximum atomic E-state index is 12.5. The number of benzene rings is 1. The second-order valence-corrected chi connectivity index (χ2v) is 9.16. The van der Waals surface area contributed by atoms with Gasteiger partial charge in [0.05, 0.1) is 6.61 Å². The van der Waals surface area contributed by atoms with Crippen LogP contribution in [0.3, 0.4) is 0 Å². The van der Waals surface area contributed by atoms with E-state index in [-0.39, 0.29) is 5.78 Å². The molecule has 0 N–H and O–H groups in total. The highest BCUT2D eigenvalue weighted by molar-refractivity contribution is 6.03. The SMILES string of the molecule is FC(F)(F)[O+]=C1C=CC(=C2CN3CCC=C3c3cc(OCCCN4CCCCC4)ccc32)C=C1. The van der Waals surface area contributed by atoms with Crippen LogP contribution in [0.15, 0.2) is 54.2 Å². The Morgan fingerprint density at radius 1 is 0.941 bits per heavy atom. The number of carbonyl (C=O) groups excluding carboxylic acids is 1. The predicted octanol–water partition coefficient (Wildman–Crippen LogP) is 5.51. The van der Waals surface area contributed by atoms with Crippen molar-refractivity contribution in [3.63, 3.8) is 0 Å². The highest BCUT2D eigenvalue weighted by Gasteiger charge is 2.44. The Balaban J connectivity index is 1.33. The highest BCUT2D eigenvalue weighted by atomic mass is 19.4. The Bertz CT molecular complexity index is 1060.